The number of nitrogens with two attached hydrogens (primary N) is 1. The minimum absolute atomic E-state index is 0.0442. The lowest BCUT2D eigenvalue weighted by Crippen LogP contribution is -2.60. The molecule has 23 heavy (non-hydrogen) atoms. The summed E-state index contributed by atoms with van der Waals surface area (Å²) in [6, 6.07) is 7.81. The molecule has 1 rings (SSSR count). The maximum Gasteiger partial charge on any atom is 0.332 e. The molecular weight excluding hydrogens is 300 g/mol. The number of nitrogens with zero attached hydrogens (tertiary/aromatic N) is 1. The van der Waals surface area contributed by atoms with Gasteiger partial charge in [0.05, 0.1) is 6.54 Å². The monoisotopic (exact) mass is 321 g/mol. The third-order valence-corrected chi connectivity index (χ3v) is 2.80. The molecule has 1 atom stereocenters. The van der Waals surface area contributed by atoms with Crippen LogP contribution in [-0.2, 0) is 16.0 Å². The van der Waals surface area contributed by atoms with E-state index in [0.717, 1.165) is 5.56 Å². The van der Waals surface area contributed by atoms with E-state index in [-0.39, 0.29) is 24.9 Å². The average molecular weight is 321 g/mol. The van der Waals surface area contributed by atoms with Crippen LogP contribution in [0.1, 0.15) is 5.56 Å². The highest BCUT2D eigenvalue weighted by Crippen LogP contribution is 2.03. The van der Waals surface area contributed by atoms with Crippen molar-refractivity contribution in [1.29, 1.82) is 0 Å². The molecule has 0 bridgehead atoms. The Morgan fingerprint density at radius 3 is 2.57 bits per heavy atom. The first-order valence-corrected chi connectivity index (χ1v) is 7.00. The van der Waals surface area contributed by atoms with Crippen LogP contribution >= 0.6 is 0 Å². The third-order valence-electron chi connectivity index (χ3n) is 2.80. The van der Waals surface area contributed by atoms with Gasteiger partial charge in [-0.2, -0.15) is 5.10 Å². The first-order chi connectivity index (χ1) is 11.0. The summed E-state index contributed by atoms with van der Waals surface area (Å²) in [5, 5.41) is 8.72. The zero-order valence-electron chi connectivity index (χ0n) is 12.6. The fourth-order valence-electron chi connectivity index (χ4n) is 1.75. The van der Waals surface area contributed by atoms with Crippen LogP contribution in [0.2, 0.25) is 0 Å². The normalized spacial score (nSPS) is 11.7. The molecular formula is C14H21N6O3+. The second-order valence-corrected chi connectivity index (χ2v) is 4.59. The van der Waals surface area contributed by atoms with Gasteiger partial charge in [-0.25, -0.2) is 10.2 Å². The van der Waals surface area contributed by atoms with Gasteiger partial charge in [0.15, 0.2) is 6.54 Å². The molecule has 0 unspecified atom stereocenters. The van der Waals surface area contributed by atoms with E-state index in [1.54, 1.807) is 0 Å². The lowest BCUT2D eigenvalue weighted by Gasteiger charge is -2.17. The fraction of sp³-hybridized carbons (Fsp3) is 0.286. The molecule has 0 aliphatic carbocycles. The van der Waals surface area contributed by atoms with Crippen molar-refractivity contribution in [3.63, 3.8) is 0 Å². The first-order valence-electron chi connectivity index (χ1n) is 7.00. The quantitative estimate of drug-likeness (QED) is 0.271. The number of hydrazone groups is 1. The maximum absolute atomic E-state index is 12.2. The predicted molar refractivity (Wildman–Crippen MR) is 84.1 cm³/mol. The van der Waals surface area contributed by atoms with Crippen molar-refractivity contribution in [2.45, 2.75) is 12.5 Å². The summed E-state index contributed by atoms with van der Waals surface area (Å²) in [6.45, 7) is 0.132. The Labute approximate surface area is 133 Å². The molecule has 0 fully saturated rings. The number of quaternary nitrogens is 1. The van der Waals surface area contributed by atoms with Crippen molar-refractivity contribution in [3.8, 4) is 0 Å². The van der Waals surface area contributed by atoms with Gasteiger partial charge in [0.25, 0.3) is 5.91 Å². The van der Waals surface area contributed by atoms with Crippen molar-refractivity contribution >= 4 is 24.1 Å². The van der Waals surface area contributed by atoms with E-state index in [0.29, 0.717) is 6.42 Å². The number of carbonyl (C=O) groups excluding carboxylic acids is 3. The Bertz CT molecular complexity index is 561. The van der Waals surface area contributed by atoms with Crippen molar-refractivity contribution in [2.24, 2.45) is 10.8 Å². The molecule has 0 aliphatic heterocycles. The van der Waals surface area contributed by atoms with Crippen LogP contribution in [0.25, 0.3) is 0 Å². The van der Waals surface area contributed by atoms with Crippen LogP contribution in [0.15, 0.2) is 35.4 Å². The Balaban J connectivity index is 2.59. The zero-order valence-corrected chi connectivity index (χ0v) is 12.6. The van der Waals surface area contributed by atoms with Gasteiger partial charge in [0, 0.05) is 12.6 Å². The number of rotatable bonds is 8. The standard InChI is InChI=1S/C14H20N6O3/c15-9-12(21)19-11(8-10-4-2-1-3-5-10)13(22)17-6-7-18-20-14(16)23/h1-5,7,11H,6,8-9,15H2,(H,17,22)(H,19,21)(H3,16,20,23)/p+1/b18-7-/t11-/m0/s1. The van der Waals surface area contributed by atoms with Gasteiger partial charge in [-0.3, -0.25) is 9.59 Å². The predicted octanol–water partition coefficient (Wildman–Crippen LogP) is -2.27. The second kappa shape index (κ2) is 9.90. The van der Waals surface area contributed by atoms with Crippen molar-refractivity contribution in [1.82, 2.24) is 16.1 Å². The molecule has 0 spiro atoms. The van der Waals surface area contributed by atoms with Gasteiger partial charge < -0.3 is 22.1 Å². The highest BCUT2D eigenvalue weighted by molar-refractivity contribution is 5.89. The molecule has 0 saturated heterocycles. The van der Waals surface area contributed by atoms with Crippen LogP contribution in [-0.4, -0.2) is 43.2 Å². The van der Waals surface area contributed by atoms with E-state index in [2.05, 4.69) is 21.5 Å². The van der Waals surface area contributed by atoms with E-state index in [1.807, 2.05) is 35.8 Å². The van der Waals surface area contributed by atoms with E-state index < -0.39 is 12.1 Å². The van der Waals surface area contributed by atoms with Gasteiger partial charge in [0.1, 0.15) is 6.04 Å². The van der Waals surface area contributed by atoms with E-state index >= 15 is 0 Å². The summed E-state index contributed by atoms with van der Waals surface area (Å²) in [6.07, 6.45) is 1.64. The summed E-state index contributed by atoms with van der Waals surface area (Å²) in [5.41, 5.74) is 11.3. The van der Waals surface area contributed by atoms with Crippen LogP contribution < -0.4 is 27.5 Å². The Hall–Kier alpha value is -2.94. The average Bonchev–Trinajstić information content (AvgIpc) is 2.54. The summed E-state index contributed by atoms with van der Waals surface area (Å²) in [4.78, 5) is 34.1. The van der Waals surface area contributed by atoms with Crippen molar-refractivity contribution in [3.05, 3.63) is 35.9 Å². The summed E-state index contributed by atoms with van der Waals surface area (Å²) in [7, 11) is 0. The SMILES string of the molecule is NC(=O)N/N=C\CNC(=O)[C@H](Cc1ccccc1)NC(=O)C[NH3+]. The summed E-state index contributed by atoms with van der Waals surface area (Å²) >= 11 is 0. The molecule has 0 radical (unpaired) electrons. The topological polar surface area (TPSA) is 153 Å². The summed E-state index contributed by atoms with van der Waals surface area (Å²) < 4.78 is 0. The molecule has 1 aromatic carbocycles. The number of carbonyl (C=O) groups is 3. The smallest absolute Gasteiger partial charge is 0.332 e. The molecule has 0 aromatic heterocycles. The van der Waals surface area contributed by atoms with Crippen LogP contribution in [0.4, 0.5) is 4.79 Å². The van der Waals surface area contributed by atoms with E-state index in [4.69, 9.17) is 5.73 Å². The Kier molecular flexibility index (Phi) is 7.79. The van der Waals surface area contributed by atoms with E-state index in [9.17, 15) is 14.4 Å². The number of amides is 4. The number of primary amides is 1. The van der Waals surface area contributed by atoms with Crippen molar-refractivity contribution in [2.75, 3.05) is 13.1 Å². The highest BCUT2D eigenvalue weighted by atomic mass is 16.2. The largest absolute Gasteiger partial charge is 0.350 e. The highest BCUT2D eigenvalue weighted by Gasteiger charge is 2.20. The van der Waals surface area contributed by atoms with Crippen LogP contribution in [0.3, 0.4) is 0 Å². The van der Waals surface area contributed by atoms with Gasteiger partial charge in [-0.05, 0) is 5.56 Å². The summed E-state index contributed by atoms with van der Waals surface area (Å²) in [5.74, 6) is -0.675. The number of urea groups is 1. The molecule has 124 valence electrons. The van der Waals surface area contributed by atoms with Gasteiger partial charge >= 0.3 is 6.03 Å². The van der Waals surface area contributed by atoms with E-state index in [1.165, 1.54) is 6.21 Å². The Morgan fingerprint density at radius 2 is 1.96 bits per heavy atom. The molecule has 0 aliphatic rings. The maximum atomic E-state index is 12.2. The molecule has 1 aromatic rings. The Morgan fingerprint density at radius 1 is 1.26 bits per heavy atom. The van der Waals surface area contributed by atoms with Crippen LogP contribution in [0, 0.1) is 0 Å². The number of benzene rings is 1. The first kappa shape index (κ1) is 18.1. The molecule has 4 amide bonds. The van der Waals surface area contributed by atoms with Crippen LogP contribution in [0.5, 0.6) is 0 Å². The second-order valence-electron chi connectivity index (χ2n) is 4.59. The molecule has 9 nitrogen and oxygen atoms in total. The molecule has 9 heteroatoms. The lowest BCUT2D eigenvalue weighted by atomic mass is 10.1. The fourth-order valence-corrected chi connectivity index (χ4v) is 1.75. The minimum Gasteiger partial charge on any atom is -0.350 e. The molecule has 0 heterocycles. The molecule has 0 saturated carbocycles. The number of nitrogens with one attached hydrogen (secondary N) is 3. The zero-order chi connectivity index (χ0) is 17.1. The van der Waals surface area contributed by atoms with Gasteiger partial charge in [0.2, 0.25) is 5.91 Å². The number of hydrogen-bond acceptors (Lipinski definition) is 4. The lowest BCUT2D eigenvalue weighted by molar-refractivity contribution is -0.355. The number of hydrogen-bond donors (Lipinski definition) is 5. The minimum atomic E-state index is -0.794. The third kappa shape index (κ3) is 7.58. The van der Waals surface area contributed by atoms with Gasteiger partial charge in [-0.1, -0.05) is 30.3 Å². The van der Waals surface area contributed by atoms with Gasteiger partial charge in [-0.15, -0.1) is 0 Å². The van der Waals surface area contributed by atoms with Crippen molar-refractivity contribution < 1.29 is 20.1 Å². The molecule has 8 N–H and O–H groups in total.